The molecule has 1 aromatic rings. The molecule has 3 fully saturated rings. The Morgan fingerprint density at radius 2 is 1.44 bits per heavy atom. The van der Waals surface area contributed by atoms with E-state index in [0.717, 1.165) is 38.6 Å². The first-order valence-electron chi connectivity index (χ1n) is 9.98. The largest absolute Gasteiger partial charge is 0.297 e. The van der Waals surface area contributed by atoms with E-state index in [4.69, 9.17) is 0 Å². The van der Waals surface area contributed by atoms with Crippen molar-refractivity contribution in [3.05, 3.63) is 35.9 Å². The monoisotopic (exact) mass is 334 g/mol. The van der Waals surface area contributed by atoms with Gasteiger partial charge in [0.1, 0.15) is 18.7 Å². The average Bonchev–Trinajstić information content (AvgIpc) is 2.68. The molecule has 4 rings (SSSR count). The number of nitrogens with zero attached hydrogens (tertiary/aromatic N) is 2. The van der Waals surface area contributed by atoms with Crippen LogP contribution in [0.25, 0.3) is 0 Å². The van der Waals surface area contributed by atoms with Crippen molar-refractivity contribution in [2.75, 3.05) is 0 Å². The molecular formula is C22H28N3+. The molecule has 0 aromatic heterocycles. The highest BCUT2D eigenvalue weighted by Gasteiger charge is 2.65. The zero-order valence-electron chi connectivity index (χ0n) is 15.0. The quantitative estimate of drug-likeness (QED) is 0.901. The Labute approximate surface area is 151 Å². The van der Waals surface area contributed by atoms with Gasteiger partial charge in [0.05, 0.1) is 0 Å². The smallest absolute Gasteiger partial charge is 0.189 e. The summed E-state index contributed by atoms with van der Waals surface area (Å²) in [5.41, 5.74) is 0.535. The predicted molar refractivity (Wildman–Crippen MR) is 96.3 cm³/mol. The van der Waals surface area contributed by atoms with Crippen LogP contribution in [0.4, 0.5) is 0 Å². The summed E-state index contributed by atoms with van der Waals surface area (Å²) < 4.78 is 0. The third-order valence-corrected chi connectivity index (χ3v) is 7.41. The number of quaternary nitrogens is 1. The van der Waals surface area contributed by atoms with Crippen molar-refractivity contribution in [3.8, 4) is 12.1 Å². The average molecular weight is 334 g/mol. The minimum Gasteiger partial charge on any atom is -0.297 e. The van der Waals surface area contributed by atoms with Gasteiger partial charge in [0.25, 0.3) is 0 Å². The molecule has 0 radical (unpaired) electrons. The van der Waals surface area contributed by atoms with Crippen molar-refractivity contribution in [1.82, 2.24) is 0 Å². The molecule has 1 saturated heterocycles. The summed E-state index contributed by atoms with van der Waals surface area (Å²) in [6.45, 7) is 0.814. The Hall–Kier alpha value is -1.84. The van der Waals surface area contributed by atoms with Crippen LogP contribution in [-0.4, -0.2) is 11.1 Å². The summed E-state index contributed by atoms with van der Waals surface area (Å²) in [7, 11) is 0. The van der Waals surface area contributed by atoms with E-state index in [-0.39, 0.29) is 11.1 Å². The summed E-state index contributed by atoms with van der Waals surface area (Å²) in [5, 5.41) is 20.7. The Bertz CT molecular complexity index is 660. The van der Waals surface area contributed by atoms with E-state index in [2.05, 4.69) is 36.4 Å². The van der Waals surface area contributed by atoms with Crippen LogP contribution in [0.3, 0.4) is 0 Å². The van der Waals surface area contributed by atoms with Crippen molar-refractivity contribution in [3.63, 3.8) is 0 Å². The van der Waals surface area contributed by atoms with Crippen LogP contribution in [-0.2, 0) is 6.54 Å². The molecule has 3 nitrogen and oxygen atoms in total. The van der Waals surface area contributed by atoms with Crippen molar-refractivity contribution in [2.45, 2.75) is 75.4 Å². The zero-order valence-corrected chi connectivity index (χ0v) is 15.0. The zero-order chi connectivity index (χ0) is 17.3. The number of hydrogen-bond acceptors (Lipinski definition) is 2. The van der Waals surface area contributed by atoms with Crippen molar-refractivity contribution < 1.29 is 4.90 Å². The van der Waals surface area contributed by atoms with E-state index in [9.17, 15) is 10.5 Å². The minimum atomic E-state index is -0.363. The number of nitriles is 2. The second-order valence-corrected chi connectivity index (χ2v) is 8.43. The van der Waals surface area contributed by atoms with E-state index in [1.54, 1.807) is 0 Å². The van der Waals surface area contributed by atoms with Gasteiger partial charge in [0, 0.05) is 30.2 Å². The standard InChI is InChI=1S/C22H27N3/c23-16-21-12-6-4-10-19(21)14-20-11-5-7-13-22(20,17-24)25(21)15-18-8-2-1-3-9-18/h1-3,8-9,19-20H,4-7,10-15H2/p+1/t19-,20-,21-,22-/m1/s1. The molecule has 25 heavy (non-hydrogen) atoms. The maximum absolute atomic E-state index is 10.3. The Morgan fingerprint density at radius 1 is 0.880 bits per heavy atom. The van der Waals surface area contributed by atoms with E-state index in [0.29, 0.717) is 11.8 Å². The summed E-state index contributed by atoms with van der Waals surface area (Å²) in [5.74, 6) is 0.934. The van der Waals surface area contributed by atoms with E-state index < -0.39 is 0 Å². The molecule has 130 valence electrons. The second-order valence-electron chi connectivity index (χ2n) is 8.43. The lowest BCUT2D eigenvalue weighted by atomic mass is 9.57. The van der Waals surface area contributed by atoms with Crippen LogP contribution in [0.2, 0.25) is 0 Å². The summed E-state index contributed by atoms with van der Waals surface area (Å²) >= 11 is 0. The fourth-order valence-electron chi connectivity index (χ4n) is 6.21. The molecule has 0 unspecified atom stereocenters. The van der Waals surface area contributed by atoms with Crippen LogP contribution in [0, 0.1) is 34.5 Å². The molecule has 3 aliphatic rings. The van der Waals surface area contributed by atoms with Crippen molar-refractivity contribution >= 4 is 0 Å². The molecule has 3 heteroatoms. The Kier molecular flexibility index (Phi) is 4.30. The van der Waals surface area contributed by atoms with E-state index >= 15 is 0 Å². The topological polar surface area (TPSA) is 52.0 Å². The number of benzene rings is 1. The van der Waals surface area contributed by atoms with Gasteiger partial charge in [-0.25, -0.2) is 0 Å². The number of likely N-dealkylation sites (tertiary alicyclic amines) is 1. The highest BCUT2D eigenvalue weighted by atomic mass is 15.3. The van der Waals surface area contributed by atoms with Gasteiger partial charge in [-0.1, -0.05) is 43.2 Å². The third-order valence-electron chi connectivity index (χ3n) is 7.41. The Morgan fingerprint density at radius 3 is 1.96 bits per heavy atom. The lowest BCUT2D eigenvalue weighted by Crippen LogP contribution is -3.28. The van der Waals surface area contributed by atoms with Gasteiger partial charge in [0.15, 0.2) is 11.1 Å². The van der Waals surface area contributed by atoms with Crippen molar-refractivity contribution in [1.29, 1.82) is 10.5 Å². The van der Waals surface area contributed by atoms with Gasteiger partial charge >= 0.3 is 0 Å². The molecule has 1 aromatic carbocycles. The number of piperidine rings is 1. The first-order valence-corrected chi connectivity index (χ1v) is 9.98. The molecule has 2 saturated carbocycles. The molecule has 0 amide bonds. The predicted octanol–water partition coefficient (Wildman–Crippen LogP) is 3.38. The summed E-state index contributed by atoms with van der Waals surface area (Å²) in [6.07, 6.45) is 10.1. The van der Waals surface area contributed by atoms with Crippen LogP contribution in [0.5, 0.6) is 0 Å². The number of hydrogen-bond donors (Lipinski definition) is 1. The molecule has 4 atom stereocenters. The van der Waals surface area contributed by atoms with Crippen molar-refractivity contribution in [2.24, 2.45) is 11.8 Å². The SMILES string of the molecule is N#C[C@]12CCCC[C@@H]1C[C@H]1CCCC[C@]1(C#N)[NH+]2Cc1ccccc1. The van der Waals surface area contributed by atoms with E-state index in [1.165, 1.54) is 36.1 Å². The third kappa shape index (κ3) is 2.49. The molecule has 0 spiro atoms. The highest BCUT2D eigenvalue weighted by molar-refractivity contribution is 5.20. The maximum atomic E-state index is 10.3. The lowest BCUT2D eigenvalue weighted by molar-refractivity contribution is -1.01. The molecule has 2 aliphatic carbocycles. The molecular weight excluding hydrogens is 306 g/mol. The second kappa shape index (κ2) is 6.47. The fraction of sp³-hybridized carbons (Fsp3) is 0.636. The van der Waals surface area contributed by atoms with Gasteiger partial charge < -0.3 is 0 Å². The lowest BCUT2D eigenvalue weighted by Gasteiger charge is -2.58. The normalized spacial score (nSPS) is 40.2. The maximum Gasteiger partial charge on any atom is 0.189 e. The molecule has 1 aliphatic heterocycles. The molecule has 1 heterocycles. The number of nitrogens with one attached hydrogen (secondary N) is 1. The number of rotatable bonds is 2. The summed E-state index contributed by atoms with van der Waals surface area (Å²) in [6, 6.07) is 16.1. The van der Waals surface area contributed by atoms with Crippen LogP contribution < -0.4 is 4.90 Å². The van der Waals surface area contributed by atoms with Gasteiger partial charge in [-0.15, -0.1) is 0 Å². The van der Waals surface area contributed by atoms with Gasteiger partial charge in [0.2, 0.25) is 0 Å². The fourth-order valence-corrected chi connectivity index (χ4v) is 6.21. The number of fused-ring (bicyclic) bond motifs is 2. The van der Waals surface area contributed by atoms with Crippen LogP contribution in [0.15, 0.2) is 30.3 Å². The summed E-state index contributed by atoms with van der Waals surface area (Å²) in [4.78, 5) is 1.29. The Balaban J connectivity index is 1.81. The molecule has 0 bridgehead atoms. The molecule has 1 N–H and O–H groups in total. The van der Waals surface area contributed by atoms with Gasteiger partial charge in [-0.05, 0) is 32.1 Å². The van der Waals surface area contributed by atoms with Gasteiger partial charge in [-0.3, -0.25) is 4.90 Å². The van der Waals surface area contributed by atoms with Crippen LogP contribution >= 0.6 is 0 Å². The van der Waals surface area contributed by atoms with E-state index in [1.807, 2.05) is 6.07 Å². The highest BCUT2D eigenvalue weighted by Crippen LogP contribution is 2.47. The first-order chi connectivity index (χ1) is 12.2. The first kappa shape index (κ1) is 16.6. The van der Waals surface area contributed by atoms with Gasteiger partial charge in [-0.2, -0.15) is 10.5 Å². The van der Waals surface area contributed by atoms with Crippen LogP contribution in [0.1, 0.15) is 63.4 Å². The minimum absolute atomic E-state index is 0.363.